The second-order valence-corrected chi connectivity index (χ2v) is 5.89. The van der Waals surface area contributed by atoms with Crippen LogP contribution in [-0.2, 0) is 4.79 Å². The minimum Gasteiger partial charge on any atom is -0.493 e. The number of nitrogens with one attached hydrogen (secondary N) is 2. The number of carbonyl (C=O) groups is 2. The van der Waals surface area contributed by atoms with E-state index in [4.69, 9.17) is 14.2 Å². The lowest BCUT2D eigenvalue weighted by molar-refractivity contribution is -0.290. The summed E-state index contributed by atoms with van der Waals surface area (Å²) in [6.45, 7) is 0.894. The van der Waals surface area contributed by atoms with E-state index in [1.54, 1.807) is 0 Å². The molecule has 2 rings (SSSR count). The molecule has 1 aromatic carbocycles. The van der Waals surface area contributed by atoms with Gasteiger partial charge in [0.25, 0.3) is 0 Å². The van der Waals surface area contributed by atoms with Crippen LogP contribution in [0.25, 0.3) is 0 Å². The van der Waals surface area contributed by atoms with Crippen molar-refractivity contribution < 1.29 is 42.1 Å². The van der Waals surface area contributed by atoms with E-state index >= 15 is 0 Å². The van der Waals surface area contributed by atoms with Crippen molar-refractivity contribution in [1.82, 2.24) is 10.6 Å². The van der Waals surface area contributed by atoms with Crippen molar-refractivity contribution >= 4 is 11.8 Å². The van der Waals surface area contributed by atoms with Gasteiger partial charge in [-0.15, -0.1) is 0 Å². The summed E-state index contributed by atoms with van der Waals surface area (Å²) < 4.78 is 55.9. The predicted octanol–water partition coefficient (Wildman–Crippen LogP) is 1.52. The number of ether oxygens (including phenoxy) is 3. The number of urea groups is 1. The number of benzene rings is 1. The van der Waals surface area contributed by atoms with Crippen LogP contribution in [0.2, 0.25) is 0 Å². The van der Waals surface area contributed by atoms with E-state index in [9.17, 15) is 27.9 Å². The molecule has 1 aromatic rings. The molecule has 3 atom stereocenters. The molecule has 1 aliphatic heterocycles. The van der Waals surface area contributed by atoms with E-state index in [1.807, 2.05) is 0 Å². The molecule has 0 spiro atoms. The van der Waals surface area contributed by atoms with Gasteiger partial charge in [-0.2, -0.15) is 13.2 Å². The van der Waals surface area contributed by atoms with E-state index < -0.39 is 35.7 Å². The summed E-state index contributed by atoms with van der Waals surface area (Å²) in [5, 5.41) is 13.9. The van der Waals surface area contributed by atoms with Crippen LogP contribution in [0.4, 0.5) is 18.0 Å². The Morgan fingerprint density at radius 2 is 1.67 bits per heavy atom. The van der Waals surface area contributed by atoms with Crippen LogP contribution in [-0.4, -0.2) is 50.2 Å². The molecule has 1 aliphatic rings. The van der Waals surface area contributed by atoms with Gasteiger partial charge in [0.05, 0.1) is 33.3 Å². The molecule has 11 heteroatoms. The molecule has 0 aromatic heterocycles. The number of alkyl halides is 3. The zero-order valence-electron chi connectivity index (χ0n) is 14.9. The van der Waals surface area contributed by atoms with Crippen molar-refractivity contribution in [2.45, 2.75) is 24.9 Å². The number of methoxy groups -OCH3 is 3. The summed E-state index contributed by atoms with van der Waals surface area (Å²) in [5.41, 5.74) is -3.69. The third kappa shape index (κ3) is 3.46. The van der Waals surface area contributed by atoms with E-state index in [0.717, 1.165) is 6.92 Å². The van der Waals surface area contributed by atoms with Crippen LogP contribution in [0, 0.1) is 5.92 Å². The van der Waals surface area contributed by atoms with Gasteiger partial charge in [0.2, 0.25) is 11.5 Å². The summed E-state index contributed by atoms with van der Waals surface area (Å²) in [6.07, 6.45) is -5.29. The predicted molar refractivity (Wildman–Crippen MR) is 85.7 cm³/mol. The van der Waals surface area contributed by atoms with Gasteiger partial charge in [-0.3, -0.25) is 4.79 Å². The molecule has 0 bridgehead atoms. The van der Waals surface area contributed by atoms with E-state index in [-0.39, 0.29) is 22.8 Å². The molecule has 8 nitrogen and oxygen atoms in total. The third-order valence-corrected chi connectivity index (χ3v) is 4.29. The molecule has 150 valence electrons. The van der Waals surface area contributed by atoms with Crippen LogP contribution in [0.15, 0.2) is 12.1 Å². The molecule has 0 aliphatic carbocycles. The monoisotopic (exact) mass is 392 g/mol. The molecule has 1 heterocycles. The van der Waals surface area contributed by atoms with Gasteiger partial charge in [-0.25, -0.2) is 4.79 Å². The van der Waals surface area contributed by atoms with Gasteiger partial charge in [0.1, 0.15) is 5.78 Å². The number of hydrogen-bond donors (Lipinski definition) is 3. The lowest BCUT2D eigenvalue weighted by atomic mass is 9.79. The van der Waals surface area contributed by atoms with Crippen molar-refractivity contribution in [3.8, 4) is 17.2 Å². The standard InChI is InChI=1S/C16H19F3N2O6/c1-7(22)11-12(20-14(23)21-15(11,24)16(17,18)19)8-5-9(25-2)13(27-4)10(6-8)26-3/h5-6,11-12,24H,1-4H3,(H2,20,21,23)/t11-,12-,15-/m0/s1. The smallest absolute Gasteiger partial charge is 0.437 e. The fraction of sp³-hybridized carbons (Fsp3) is 0.500. The van der Waals surface area contributed by atoms with Gasteiger partial charge in [-0.1, -0.05) is 0 Å². The Morgan fingerprint density at radius 3 is 2.04 bits per heavy atom. The molecular weight excluding hydrogens is 373 g/mol. The molecule has 2 amide bonds. The zero-order chi connectivity index (χ0) is 20.6. The highest BCUT2D eigenvalue weighted by Gasteiger charge is 2.65. The minimum atomic E-state index is -5.29. The number of halogens is 3. The number of amides is 2. The number of rotatable bonds is 5. The number of aliphatic hydroxyl groups is 1. The maximum atomic E-state index is 13.5. The highest BCUT2D eigenvalue weighted by Crippen LogP contribution is 2.46. The Kier molecular flexibility index (Phi) is 5.45. The lowest BCUT2D eigenvalue weighted by Crippen LogP contribution is -2.72. The van der Waals surface area contributed by atoms with Gasteiger partial charge in [0, 0.05) is 0 Å². The topological polar surface area (TPSA) is 106 Å². The molecule has 1 saturated heterocycles. The first kappa shape index (κ1) is 20.6. The zero-order valence-corrected chi connectivity index (χ0v) is 14.9. The summed E-state index contributed by atoms with van der Waals surface area (Å²) in [5.74, 6) is -2.65. The molecule has 27 heavy (non-hydrogen) atoms. The van der Waals surface area contributed by atoms with E-state index in [2.05, 4.69) is 5.32 Å². The summed E-state index contributed by atoms with van der Waals surface area (Å²) >= 11 is 0. The van der Waals surface area contributed by atoms with Crippen LogP contribution in [0.3, 0.4) is 0 Å². The quantitative estimate of drug-likeness (QED) is 0.702. The fourth-order valence-electron chi connectivity index (χ4n) is 3.09. The first-order valence-electron chi connectivity index (χ1n) is 7.68. The van der Waals surface area contributed by atoms with Crippen molar-refractivity contribution in [2.24, 2.45) is 5.92 Å². The van der Waals surface area contributed by atoms with Crippen LogP contribution in [0.1, 0.15) is 18.5 Å². The molecule has 0 radical (unpaired) electrons. The Bertz CT molecular complexity index is 729. The second kappa shape index (κ2) is 7.14. The van der Waals surface area contributed by atoms with Gasteiger partial charge < -0.3 is 30.0 Å². The Labute approximate surface area is 152 Å². The molecule has 1 fully saturated rings. The van der Waals surface area contributed by atoms with E-state index in [1.165, 1.54) is 38.8 Å². The fourth-order valence-corrected chi connectivity index (χ4v) is 3.09. The average Bonchev–Trinajstić information content (AvgIpc) is 2.58. The average molecular weight is 392 g/mol. The normalized spacial score (nSPS) is 25.3. The summed E-state index contributed by atoms with van der Waals surface area (Å²) in [6, 6.07) is -0.197. The summed E-state index contributed by atoms with van der Waals surface area (Å²) in [7, 11) is 3.94. The Hall–Kier alpha value is -2.69. The minimum absolute atomic E-state index is 0.0576. The second-order valence-electron chi connectivity index (χ2n) is 5.89. The number of hydrogen-bond acceptors (Lipinski definition) is 6. The van der Waals surface area contributed by atoms with Crippen molar-refractivity contribution in [3.63, 3.8) is 0 Å². The van der Waals surface area contributed by atoms with Crippen molar-refractivity contribution in [2.75, 3.05) is 21.3 Å². The van der Waals surface area contributed by atoms with Crippen LogP contribution in [0.5, 0.6) is 17.2 Å². The number of Topliss-reactive ketones (excluding diaryl/α,β-unsaturated/α-hetero) is 1. The van der Waals surface area contributed by atoms with Crippen molar-refractivity contribution in [1.29, 1.82) is 0 Å². The molecular formula is C16H19F3N2O6. The third-order valence-electron chi connectivity index (χ3n) is 4.29. The van der Waals surface area contributed by atoms with Gasteiger partial charge in [-0.05, 0) is 24.6 Å². The Balaban J connectivity index is 2.68. The maximum absolute atomic E-state index is 13.5. The van der Waals surface area contributed by atoms with Gasteiger partial charge in [0.15, 0.2) is 11.5 Å². The summed E-state index contributed by atoms with van der Waals surface area (Å²) in [4.78, 5) is 23.9. The number of ketones is 1. The lowest BCUT2D eigenvalue weighted by Gasteiger charge is -2.44. The van der Waals surface area contributed by atoms with E-state index in [0.29, 0.717) is 0 Å². The number of carbonyl (C=O) groups excluding carboxylic acids is 2. The maximum Gasteiger partial charge on any atom is 0.437 e. The molecule has 3 N–H and O–H groups in total. The molecule has 0 unspecified atom stereocenters. The highest BCUT2D eigenvalue weighted by molar-refractivity contribution is 5.86. The SMILES string of the molecule is COc1cc([C@@H]2NC(=O)N[C@@](O)(C(F)(F)F)[C@H]2C(C)=O)cc(OC)c1OC. The molecule has 0 saturated carbocycles. The largest absolute Gasteiger partial charge is 0.493 e. The first-order chi connectivity index (χ1) is 12.5. The Morgan fingerprint density at radius 1 is 1.15 bits per heavy atom. The van der Waals surface area contributed by atoms with Crippen LogP contribution >= 0.6 is 0 Å². The van der Waals surface area contributed by atoms with Crippen molar-refractivity contribution in [3.05, 3.63) is 17.7 Å². The highest BCUT2D eigenvalue weighted by atomic mass is 19.4. The van der Waals surface area contributed by atoms with Crippen LogP contribution < -0.4 is 24.8 Å². The van der Waals surface area contributed by atoms with Gasteiger partial charge >= 0.3 is 12.2 Å². The first-order valence-corrected chi connectivity index (χ1v) is 7.68.